The molecule has 0 spiro atoms. The maximum absolute atomic E-state index is 12.9. The molecule has 0 aliphatic carbocycles. The second kappa shape index (κ2) is 9.81. The van der Waals surface area contributed by atoms with E-state index in [4.69, 9.17) is 4.42 Å². The van der Waals surface area contributed by atoms with Gasteiger partial charge in [0.15, 0.2) is 5.58 Å². The summed E-state index contributed by atoms with van der Waals surface area (Å²) in [6, 6.07) is 23.4. The van der Waals surface area contributed by atoms with Crippen molar-refractivity contribution in [2.24, 2.45) is 0 Å². The zero-order valence-corrected chi connectivity index (χ0v) is 18.5. The Bertz CT molecular complexity index is 1140. The largest absolute Gasteiger partial charge is 0.431 e. The number of nitrogens with zero attached hydrogens (tertiary/aromatic N) is 2. The van der Waals surface area contributed by atoms with E-state index >= 15 is 0 Å². The first-order valence-corrected chi connectivity index (χ1v) is 11.2. The number of thioether (sulfide) groups is 1. The van der Waals surface area contributed by atoms with Crippen LogP contribution in [0.3, 0.4) is 0 Å². The Kier molecular flexibility index (Phi) is 6.70. The van der Waals surface area contributed by atoms with Crippen molar-refractivity contribution in [1.82, 2.24) is 9.88 Å². The smallest absolute Gasteiger partial charge is 0.257 e. The second-order valence-electron chi connectivity index (χ2n) is 7.60. The lowest BCUT2D eigenvalue weighted by atomic mass is 10.1. The number of para-hydroxylation sites is 2. The molecule has 0 atom stereocenters. The SMILES string of the molecule is CN(C)CCc1ccc(NC(=O)c2ccccc2CSc2nc3ccccc3o2)cc1. The van der Waals surface area contributed by atoms with E-state index in [0.29, 0.717) is 16.5 Å². The molecule has 31 heavy (non-hydrogen) atoms. The normalized spacial score (nSPS) is 11.2. The molecule has 0 aliphatic rings. The van der Waals surface area contributed by atoms with Gasteiger partial charge in [0.25, 0.3) is 11.1 Å². The Morgan fingerprint density at radius 2 is 1.74 bits per heavy atom. The molecule has 1 heterocycles. The molecule has 0 saturated heterocycles. The summed E-state index contributed by atoms with van der Waals surface area (Å²) in [5, 5.41) is 3.61. The molecule has 1 amide bonds. The van der Waals surface area contributed by atoms with Gasteiger partial charge in [-0.3, -0.25) is 4.79 Å². The molecule has 4 rings (SSSR count). The third-order valence-electron chi connectivity index (χ3n) is 4.95. The van der Waals surface area contributed by atoms with Gasteiger partial charge in [0.1, 0.15) is 5.52 Å². The topological polar surface area (TPSA) is 58.4 Å². The number of aromatic nitrogens is 1. The number of hydrogen-bond donors (Lipinski definition) is 1. The molecule has 1 aromatic heterocycles. The minimum atomic E-state index is -0.116. The van der Waals surface area contributed by atoms with E-state index < -0.39 is 0 Å². The second-order valence-corrected chi connectivity index (χ2v) is 8.52. The number of fused-ring (bicyclic) bond motifs is 1. The van der Waals surface area contributed by atoms with Crippen LogP contribution in [0.5, 0.6) is 0 Å². The highest BCUT2D eigenvalue weighted by atomic mass is 32.2. The molecule has 0 bridgehead atoms. The van der Waals surface area contributed by atoms with Crippen molar-refractivity contribution in [2.75, 3.05) is 26.0 Å². The lowest BCUT2D eigenvalue weighted by molar-refractivity contribution is 0.102. The Balaban J connectivity index is 1.41. The third kappa shape index (κ3) is 5.54. The van der Waals surface area contributed by atoms with Crippen molar-refractivity contribution in [3.8, 4) is 0 Å². The zero-order valence-electron chi connectivity index (χ0n) is 17.7. The fourth-order valence-electron chi connectivity index (χ4n) is 3.23. The predicted octanol–water partition coefficient (Wildman–Crippen LogP) is 5.48. The van der Waals surface area contributed by atoms with Crippen LogP contribution in [0.15, 0.2) is 82.4 Å². The van der Waals surface area contributed by atoms with Crippen LogP contribution in [0, 0.1) is 0 Å². The molecular formula is C25H25N3O2S. The van der Waals surface area contributed by atoms with Crippen LogP contribution < -0.4 is 5.32 Å². The summed E-state index contributed by atoms with van der Waals surface area (Å²) >= 11 is 1.49. The highest BCUT2D eigenvalue weighted by molar-refractivity contribution is 7.98. The first-order chi connectivity index (χ1) is 15.1. The number of amides is 1. The van der Waals surface area contributed by atoms with Gasteiger partial charge in [-0.05, 0) is 62.0 Å². The molecule has 1 N–H and O–H groups in total. The van der Waals surface area contributed by atoms with Crippen LogP contribution in [-0.2, 0) is 12.2 Å². The van der Waals surface area contributed by atoms with E-state index in [1.54, 1.807) is 0 Å². The molecule has 0 aliphatic heterocycles. The first kappa shape index (κ1) is 21.2. The molecule has 5 nitrogen and oxygen atoms in total. The Morgan fingerprint density at radius 3 is 2.52 bits per heavy atom. The van der Waals surface area contributed by atoms with Crippen molar-refractivity contribution < 1.29 is 9.21 Å². The van der Waals surface area contributed by atoms with Gasteiger partial charge in [0, 0.05) is 23.5 Å². The number of rotatable bonds is 8. The van der Waals surface area contributed by atoms with Gasteiger partial charge < -0.3 is 14.6 Å². The average Bonchev–Trinajstić information content (AvgIpc) is 3.20. The van der Waals surface area contributed by atoms with Crippen LogP contribution in [0.2, 0.25) is 0 Å². The molecule has 0 fully saturated rings. The van der Waals surface area contributed by atoms with E-state index in [9.17, 15) is 4.79 Å². The van der Waals surface area contributed by atoms with Gasteiger partial charge in [0.05, 0.1) is 0 Å². The van der Waals surface area contributed by atoms with Gasteiger partial charge in [-0.1, -0.05) is 54.2 Å². The molecule has 0 radical (unpaired) electrons. The number of carbonyl (C=O) groups excluding carboxylic acids is 1. The van der Waals surface area contributed by atoms with E-state index in [1.807, 2.05) is 60.7 Å². The van der Waals surface area contributed by atoms with E-state index in [2.05, 4.69) is 41.4 Å². The highest BCUT2D eigenvalue weighted by Gasteiger charge is 2.13. The lowest BCUT2D eigenvalue weighted by Crippen LogP contribution is -2.15. The van der Waals surface area contributed by atoms with Crippen molar-refractivity contribution in [3.63, 3.8) is 0 Å². The summed E-state index contributed by atoms with van der Waals surface area (Å²) < 4.78 is 5.78. The molecule has 158 valence electrons. The minimum absolute atomic E-state index is 0.116. The molecule has 0 saturated carbocycles. The quantitative estimate of drug-likeness (QED) is 0.375. The molecule has 3 aromatic carbocycles. The number of likely N-dealkylation sites (N-methyl/N-ethyl adjacent to an activating group) is 1. The van der Waals surface area contributed by atoms with Gasteiger partial charge in [-0.25, -0.2) is 4.98 Å². The molecule has 6 heteroatoms. The highest BCUT2D eigenvalue weighted by Crippen LogP contribution is 2.27. The summed E-state index contributed by atoms with van der Waals surface area (Å²) in [5.41, 5.74) is 5.25. The molecule has 0 unspecified atom stereocenters. The van der Waals surface area contributed by atoms with Crippen LogP contribution in [0.1, 0.15) is 21.5 Å². The Labute approximate surface area is 186 Å². The minimum Gasteiger partial charge on any atom is -0.431 e. The van der Waals surface area contributed by atoms with Crippen LogP contribution in [0.25, 0.3) is 11.1 Å². The van der Waals surface area contributed by atoms with E-state index in [-0.39, 0.29) is 5.91 Å². The number of nitrogens with one attached hydrogen (secondary N) is 1. The van der Waals surface area contributed by atoms with Crippen molar-refractivity contribution in [1.29, 1.82) is 0 Å². The van der Waals surface area contributed by atoms with Gasteiger partial charge in [0.2, 0.25) is 0 Å². The maximum Gasteiger partial charge on any atom is 0.257 e. The van der Waals surface area contributed by atoms with Crippen molar-refractivity contribution in [3.05, 3.63) is 89.5 Å². The monoisotopic (exact) mass is 431 g/mol. The van der Waals surface area contributed by atoms with Crippen LogP contribution in [-0.4, -0.2) is 36.4 Å². The fourth-order valence-corrected chi connectivity index (χ4v) is 4.07. The summed E-state index contributed by atoms with van der Waals surface area (Å²) in [4.78, 5) is 19.6. The lowest BCUT2D eigenvalue weighted by Gasteiger charge is -2.11. The maximum atomic E-state index is 12.9. The van der Waals surface area contributed by atoms with E-state index in [1.165, 1.54) is 17.3 Å². The summed E-state index contributed by atoms with van der Waals surface area (Å²) in [7, 11) is 4.13. The van der Waals surface area contributed by atoms with Gasteiger partial charge in [-0.2, -0.15) is 0 Å². The number of oxazole rings is 1. The molecule has 4 aromatic rings. The number of anilines is 1. The van der Waals surface area contributed by atoms with Gasteiger partial charge in [-0.15, -0.1) is 0 Å². The van der Waals surface area contributed by atoms with Gasteiger partial charge >= 0.3 is 0 Å². The number of benzene rings is 3. The Hall–Kier alpha value is -3.09. The third-order valence-corrected chi connectivity index (χ3v) is 5.82. The molecular weight excluding hydrogens is 406 g/mol. The summed E-state index contributed by atoms with van der Waals surface area (Å²) in [6.07, 6.45) is 0.983. The standard InChI is InChI=1S/C25H25N3O2S/c1-28(2)16-15-18-11-13-20(14-12-18)26-24(29)21-8-4-3-7-19(21)17-31-25-27-22-9-5-6-10-23(22)30-25/h3-14H,15-17H2,1-2H3,(H,26,29). The first-order valence-electron chi connectivity index (χ1n) is 10.2. The fraction of sp³-hybridized carbons (Fsp3) is 0.200. The van der Waals surface area contributed by atoms with E-state index in [0.717, 1.165) is 35.3 Å². The number of hydrogen-bond acceptors (Lipinski definition) is 5. The van der Waals surface area contributed by atoms with Crippen molar-refractivity contribution in [2.45, 2.75) is 17.4 Å². The zero-order chi connectivity index (χ0) is 21.6. The van der Waals surface area contributed by atoms with Crippen LogP contribution >= 0.6 is 11.8 Å². The number of carbonyl (C=O) groups is 1. The average molecular weight is 432 g/mol. The summed E-state index contributed by atoms with van der Waals surface area (Å²) in [5.74, 6) is 0.481. The Morgan fingerprint density at radius 1 is 1.00 bits per heavy atom. The summed E-state index contributed by atoms with van der Waals surface area (Å²) in [6.45, 7) is 0.997. The predicted molar refractivity (Wildman–Crippen MR) is 127 cm³/mol. The van der Waals surface area contributed by atoms with Crippen LogP contribution in [0.4, 0.5) is 5.69 Å². The van der Waals surface area contributed by atoms with Crippen molar-refractivity contribution >= 4 is 34.5 Å².